The Bertz CT molecular complexity index is 800. The smallest absolute Gasteiger partial charge is 0.134 e. The molecule has 0 saturated heterocycles. The van der Waals surface area contributed by atoms with E-state index in [9.17, 15) is 4.39 Å². The predicted octanol–water partition coefficient (Wildman–Crippen LogP) is 5.08. The predicted molar refractivity (Wildman–Crippen MR) is 96.6 cm³/mol. The van der Waals surface area contributed by atoms with Gasteiger partial charge in [-0.15, -0.1) is 0 Å². The average molecular weight is 349 g/mol. The van der Waals surface area contributed by atoms with Crippen LogP contribution in [-0.2, 0) is 0 Å². The monoisotopic (exact) mass is 348 g/mol. The number of aliphatic imine (C=N–C) groups is 1. The van der Waals surface area contributed by atoms with E-state index in [4.69, 9.17) is 23.2 Å². The summed E-state index contributed by atoms with van der Waals surface area (Å²) in [5.74, 6) is -0.270. The molecule has 2 aromatic carbocycles. The van der Waals surface area contributed by atoms with E-state index in [-0.39, 0.29) is 5.82 Å². The van der Waals surface area contributed by atoms with Gasteiger partial charge in [-0.05, 0) is 35.9 Å². The molecule has 0 saturated carbocycles. The molecular formula is C18H15Cl2FN2. The number of halogens is 3. The summed E-state index contributed by atoms with van der Waals surface area (Å²) in [5.41, 5.74) is 2.90. The Morgan fingerprint density at radius 1 is 1.13 bits per heavy atom. The van der Waals surface area contributed by atoms with E-state index in [2.05, 4.69) is 4.99 Å². The largest absolute Gasteiger partial charge is 0.372 e. The van der Waals surface area contributed by atoms with Crippen LogP contribution in [0.1, 0.15) is 11.1 Å². The molecule has 2 nitrogen and oxygen atoms in total. The van der Waals surface area contributed by atoms with Gasteiger partial charge < -0.3 is 4.90 Å². The molecule has 0 N–H and O–H groups in total. The summed E-state index contributed by atoms with van der Waals surface area (Å²) in [6.07, 6.45) is 3.68. The number of benzodiazepines with no additional fused rings is 1. The van der Waals surface area contributed by atoms with E-state index in [1.807, 2.05) is 36.2 Å². The molecule has 1 heterocycles. The Morgan fingerprint density at radius 2 is 1.96 bits per heavy atom. The maximum absolute atomic E-state index is 14.3. The molecule has 1 aliphatic rings. The van der Waals surface area contributed by atoms with Crippen LogP contribution in [0.15, 0.2) is 47.5 Å². The van der Waals surface area contributed by atoms with Crippen LogP contribution in [0.3, 0.4) is 0 Å². The Morgan fingerprint density at radius 3 is 2.74 bits per heavy atom. The van der Waals surface area contributed by atoms with Crippen LogP contribution in [0.25, 0.3) is 6.08 Å². The third-order valence-electron chi connectivity index (χ3n) is 3.75. The summed E-state index contributed by atoms with van der Waals surface area (Å²) < 4.78 is 14.3. The lowest BCUT2D eigenvalue weighted by Gasteiger charge is -2.19. The van der Waals surface area contributed by atoms with Crippen molar-refractivity contribution in [3.8, 4) is 0 Å². The lowest BCUT2D eigenvalue weighted by Crippen LogP contribution is -2.20. The van der Waals surface area contributed by atoms with Crippen molar-refractivity contribution in [2.75, 3.05) is 25.0 Å². The summed E-state index contributed by atoms with van der Waals surface area (Å²) in [4.78, 5) is 6.54. The quantitative estimate of drug-likeness (QED) is 0.738. The molecule has 0 radical (unpaired) electrons. The molecule has 3 rings (SSSR count). The van der Waals surface area contributed by atoms with Crippen LogP contribution in [0.5, 0.6) is 0 Å². The summed E-state index contributed by atoms with van der Waals surface area (Å²) in [7, 11) is 1.94. The Kier molecular flexibility index (Phi) is 4.69. The molecule has 0 bridgehead atoms. The van der Waals surface area contributed by atoms with E-state index in [1.165, 1.54) is 6.07 Å². The first-order valence-corrected chi connectivity index (χ1v) is 7.99. The highest BCUT2D eigenvalue weighted by Gasteiger charge is 2.18. The molecule has 0 atom stereocenters. The zero-order chi connectivity index (χ0) is 16.4. The average Bonchev–Trinajstić information content (AvgIpc) is 2.69. The van der Waals surface area contributed by atoms with E-state index in [0.29, 0.717) is 27.9 Å². The van der Waals surface area contributed by atoms with Gasteiger partial charge in [0.15, 0.2) is 0 Å². The van der Waals surface area contributed by atoms with Crippen LogP contribution >= 0.6 is 23.2 Å². The van der Waals surface area contributed by atoms with Gasteiger partial charge in [0.25, 0.3) is 0 Å². The zero-order valence-electron chi connectivity index (χ0n) is 12.6. The van der Waals surface area contributed by atoms with Crippen LogP contribution < -0.4 is 4.90 Å². The van der Waals surface area contributed by atoms with E-state index in [0.717, 1.165) is 17.8 Å². The molecule has 0 aliphatic carbocycles. The minimum Gasteiger partial charge on any atom is -0.372 e. The second-order valence-corrected chi connectivity index (χ2v) is 6.14. The normalized spacial score (nSPS) is 14.6. The molecule has 5 heteroatoms. The molecule has 1 aliphatic heterocycles. The molecule has 0 amide bonds. The number of fused-ring (bicyclic) bond motifs is 1. The summed E-state index contributed by atoms with van der Waals surface area (Å²) >= 11 is 11.9. The molecule has 0 spiro atoms. The van der Waals surface area contributed by atoms with Gasteiger partial charge in [0.2, 0.25) is 0 Å². The van der Waals surface area contributed by atoms with Crippen molar-refractivity contribution in [1.29, 1.82) is 0 Å². The lowest BCUT2D eigenvalue weighted by molar-refractivity contribution is 0.625. The number of allylic oxidation sites excluding steroid dienone is 1. The van der Waals surface area contributed by atoms with Gasteiger partial charge in [-0.2, -0.15) is 0 Å². The summed E-state index contributed by atoms with van der Waals surface area (Å²) in [6.45, 7) is 1.37. The number of hydrogen-bond acceptors (Lipinski definition) is 2. The van der Waals surface area contributed by atoms with Crippen molar-refractivity contribution in [2.45, 2.75) is 0 Å². The van der Waals surface area contributed by atoms with Gasteiger partial charge in [-0.25, -0.2) is 4.39 Å². The topological polar surface area (TPSA) is 15.6 Å². The number of anilines is 1. The second kappa shape index (κ2) is 6.73. The fraction of sp³-hybridized carbons (Fsp3) is 0.167. The molecule has 0 aromatic heterocycles. The van der Waals surface area contributed by atoms with Gasteiger partial charge >= 0.3 is 0 Å². The minimum absolute atomic E-state index is 0.270. The van der Waals surface area contributed by atoms with Gasteiger partial charge in [-0.1, -0.05) is 41.4 Å². The van der Waals surface area contributed by atoms with Crippen molar-refractivity contribution >= 4 is 40.7 Å². The Balaban J connectivity index is 1.99. The van der Waals surface area contributed by atoms with Crippen molar-refractivity contribution in [2.24, 2.45) is 4.99 Å². The highest BCUT2D eigenvalue weighted by Crippen LogP contribution is 2.27. The fourth-order valence-corrected chi connectivity index (χ4v) is 2.84. The van der Waals surface area contributed by atoms with Crippen molar-refractivity contribution in [3.05, 3.63) is 69.5 Å². The van der Waals surface area contributed by atoms with Gasteiger partial charge in [0.05, 0.1) is 27.9 Å². The number of nitrogens with zero attached hydrogens (tertiary/aromatic N) is 2. The standard InChI is InChI=1S/C18H15Cl2FN2/c1-23-10-9-22-16(18-15(21)3-2-4-17(18)23)8-6-12-5-7-13(19)14(20)11-12/h2-8,11H,9-10H2,1H3. The van der Waals surface area contributed by atoms with Crippen LogP contribution in [0.2, 0.25) is 10.0 Å². The first kappa shape index (κ1) is 16.0. The van der Waals surface area contributed by atoms with Crippen molar-refractivity contribution in [3.63, 3.8) is 0 Å². The Hall–Kier alpha value is -1.84. The molecule has 118 valence electrons. The van der Waals surface area contributed by atoms with Gasteiger partial charge in [0, 0.05) is 19.3 Å². The van der Waals surface area contributed by atoms with Crippen molar-refractivity contribution in [1.82, 2.24) is 0 Å². The lowest BCUT2D eigenvalue weighted by atomic mass is 10.0. The third kappa shape index (κ3) is 3.41. The van der Waals surface area contributed by atoms with E-state index < -0.39 is 0 Å². The van der Waals surface area contributed by atoms with E-state index >= 15 is 0 Å². The third-order valence-corrected chi connectivity index (χ3v) is 4.49. The fourth-order valence-electron chi connectivity index (χ4n) is 2.53. The van der Waals surface area contributed by atoms with Crippen molar-refractivity contribution < 1.29 is 4.39 Å². The first-order valence-electron chi connectivity index (χ1n) is 7.24. The summed E-state index contributed by atoms with van der Waals surface area (Å²) in [5, 5.41) is 0.997. The van der Waals surface area contributed by atoms with Crippen LogP contribution in [-0.4, -0.2) is 25.8 Å². The van der Waals surface area contributed by atoms with Crippen LogP contribution in [0.4, 0.5) is 10.1 Å². The Labute approximate surface area is 144 Å². The number of hydrogen-bond donors (Lipinski definition) is 0. The maximum atomic E-state index is 14.3. The minimum atomic E-state index is -0.270. The highest BCUT2D eigenvalue weighted by atomic mass is 35.5. The number of rotatable bonds is 2. The SMILES string of the molecule is CN1CCN=C(C=Cc2ccc(Cl)c(Cl)c2)c2c(F)cccc21. The van der Waals surface area contributed by atoms with Gasteiger partial charge in [-0.3, -0.25) is 4.99 Å². The first-order chi connectivity index (χ1) is 11.1. The van der Waals surface area contributed by atoms with Gasteiger partial charge in [0.1, 0.15) is 5.82 Å². The molecule has 23 heavy (non-hydrogen) atoms. The second-order valence-electron chi connectivity index (χ2n) is 5.33. The molecule has 2 aromatic rings. The summed E-state index contributed by atoms with van der Waals surface area (Å²) in [6, 6.07) is 10.5. The zero-order valence-corrected chi connectivity index (χ0v) is 14.1. The number of likely N-dealkylation sites (N-methyl/N-ethyl adjacent to an activating group) is 1. The van der Waals surface area contributed by atoms with Crippen LogP contribution in [0, 0.1) is 5.82 Å². The van der Waals surface area contributed by atoms with E-state index in [1.54, 1.807) is 18.2 Å². The number of benzene rings is 2. The molecular weight excluding hydrogens is 334 g/mol. The maximum Gasteiger partial charge on any atom is 0.134 e. The molecule has 0 unspecified atom stereocenters. The molecule has 0 fully saturated rings. The highest BCUT2D eigenvalue weighted by molar-refractivity contribution is 6.42.